The molecule has 1 aliphatic heterocycles. The number of thioether (sulfide) groups is 1. The van der Waals surface area contributed by atoms with E-state index in [1.807, 2.05) is 12.1 Å². The predicted octanol–water partition coefficient (Wildman–Crippen LogP) is 5.05. The number of hydrogen-bond donors (Lipinski definition) is 2. The maximum absolute atomic E-state index is 13.7. The Morgan fingerprint density at radius 2 is 1.82 bits per heavy atom. The molecule has 5 nitrogen and oxygen atoms in total. The minimum atomic E-state index is -0.280. The van der Waals surface area contributed by atoms with Crippen LogP contribution in [0.25, 0.3) is 0 Å². The fraction of sp³-hybridized carbons (Fsp3) is 0.360. The summed E-state index contributed by atoms with van der Waals surface area (Å²) in [6.07, 6.45) is 3.67. The highest BCUT2D eigenvalue weighted by atomic mass is 32.2. The number of halogens is 1. The number of rotatable bonds is 4. The third-order valence-electron chi connectivity index (χ3n) is 7.37. The van der Waals surface area contributed by atoms with Crippen LogP contribution in [-0.2, 0) is 11.3 Å². The highest BCUT2D eigenvalue weighted by Gasteiger charge is 2.55. The molecule has 2 aliphatic carbocycles. The lowest BCUT2D eigenvalue weighted by molar-refractivity contribution is -0.116. The number of anilines is 1. The summed E-state index contributed by atoms with van der Waals surface area (Å²) in [5, 5.41) is 13.6. The van der Waals surface area contributed by atoms with Gasteiger partial charge >= 0.3 is 4.87 Å². The predicted molar refractivity (Wildman–Crippen MR) is 128 cm³/mol. The van der Waals surface area contributed by atoms with Crippen molar-refractivity contribution < 1.29 is 14.3 Å². The molecule has 8 heteroatoms. The van der Waals surface area contributed by atoms with Crippen LogP contribution in [-0.4, -0.2) is 20.8 Å². The number of amides is 1. The Labute approximate surface area is 198 Å². The molecule has 2 heterocycles. The zero-order valence-electron chi connectivity index (χ0n) is 17.7. The maximum Gasteiger partial charge on any atom is 0.308 e. The number of fused-ring (bicyclic) bond motifs is 6. The molecular formula is C25H23FN2O3S2. The van der Waals surface area contributed by atoms with Gasteiger partial charge in [-0.1, -0.05) is 23.5 Å². The van der Waals surface area contributed by atoms with Crippen LogP contribution in [0.1, 0.15) is 35.6 Å². The quantitative estimate of drug-likeness (QED) is 0.511. The standard InChI is InChI=1S/C25H23FN2O3S2/c26-16-5-3-13(4-6-16)20-21-14-1-2-15(11-14)22(21)32-24-23(20)33-25(31)28(24)12-19(30)27-17-7-9-18(29)10-8-17/h3-10,14-15,20-22,29H,1-2,11-12H2,(H,27,30)/t14-,15-,20-,21-,22+/m0/s1. The third-order valence-corrected chi connectivity index (χ3v) is 10.2. The molecule has 0 saturated heterocycles. The first-order valence-electron chi connectivity index (χ1n) is 11.2. The Morgan fingerprint density at radius 3 is 2.58 bits per heavy atom. The highest BCUT2D eigenvalue weighted by Crippen LogP contribution is 2.64. The van der Waals surface area contributed by atoms with Crippen LogP contribution in [0.5, 0.6) is 5.75 Å². The van der Waals surface area contributed by atoms with E-state index in [0.29, 0.717) is 28.7 Å². The number of nitrogens with zero attached hydrogens (tertiary/aromatic N) is 1. The van der Waals surface area contributed by atoms with Gasteiger partial charge in [0.25, 0.3) is 0 Å². The van der Waals surface area contributed by atoms with Gasteiger partial charge in [0.05, 0.1) is 5.03 Å². The molecule has 0 spiro atoms. The summed E-state index contributed by atoms with van der Waals surface area (Å²) in [6.45, 7) is -0.0554. The molecule has 6 rings (SSSR count). The number of aromatic nitrogens is 1. The average Bonchev–Trinajstić information content (AvgIpc) is 3.49. The second-order valence-electron chi connectivity index (χ2n) is 9.24. The van der Waals surface area contributed by atoms with E-state index in [4.69, 9.17) is 0 Å². The van der Waals surface area contributed by atoms with E-state index in [1.165, 1.54) is 54.9 Å². The van der Waals surface area contributed by atoms with Gasteiger partial charge in [0.1, 0.15) is 18.1 Å². The monoisotopic (exact) mass is 482 g/mol. The van der Waals surface area contributed by atoms with Crippen LogP contribution in [0.3, 0.4) is 0 Å². The van der Waals surface area contributed by atoms with Crippen molar-refractivity contribution in [2.45, 2.75) is 42.0 Å². The van der Waals surface area contributed by atoms with E-state index in [2.05, 4.69) is 5.32 Å². The van der Waals surface area contributed by atoms with Gasteiger partial charge in [-0.15, -0.1) is 11.8 Å². The van der Waals surface area contributed by atoms with Crippen LogP contribution in [0.15, 0.2) is 58.4 Å². The van der Waals surface area contributed by atoms with E-state index in [-0.39, 0.29) is 34.8 Å². The normalized spacial score (nSPS) is 27.2. The molecule has 3 aromatic rings. The first kappa shape index (κ1) is 21.0. The largest absolute Gasteiger partial charge is 0.508 e. The summed E-state index contributed by atoms with van der Waals surface area (Å²) in [5.74, 6) is 1.38. The SMILES string of the molecule is O=C(Cn1c2c(sc1=O)[C@@H](c1ccc(F)cc1)[C@@H]1[C@H]3CC[C@@H](C3)[C@H]1S2)Nc1ccc(O)cc1. The van der Waals surface area contributed by atoms with Gasteiger partial charge in [-0.05, 0) is 79.0 Å². The minimum Gasteiger partial charge on any atom is -0.508 e. The van der Waals surface area contributed by atoms with E-state index >= 15 is 0 Å². The van der Waals surface area contributed by atoms with Crippen LogP contribution in [0.4, 0.5) is 10.1 Å². The first-order valence-corrected chi connectivity index (χ1v) is 12.9. The third kappa shape index (κ3) is 3.60. The Bertz CT molecular complexity index is 1270. The van der Waals surface area contributed by atoms with E-state index in [1.54, 1.807) is 28.5 Å². The van der Waals surface area contributed by atoms with Crippen LogP contribution in [0.2, 0.25) is 0 Å². The summed E-state index contributed by atoms with van der Waals surface area (Å²) >= 11 is 3.01. The maximum atomic E-state index is 13.7. The second kappa shape index (κ2) is 8.02. The van der Waals surface area contributed by atoms with Crippen molar-refractivity contribution in [1.82, 2.24) is 4.57 Å². The lowest BCUT2D eigenvalue weighted by Gasteiger charge is -2.40. The summed E-state index contributed by atoms with van der Waals surface area (Å²) in [7, 11) is 0. The second-order valence-corrected chi connectivity index (χ2v) is 11.4. The van der Waals surface area contributed by atoms with Crippen LogP contribution < -0.4 is 10.2 Å². The van der Waals surface area contributed by atoms with Gasteiger partial charge in [-0.25, -0.2) is 4.39 Å². The number of hydrogen-bond acceptors (Lipinski definition) is 5. The molecule has 0 radical (unpaired) electrons. The molecule has 1 amide bonds. The highest BCUT2D eigenvalue weighted by molar-refractivity contribution is 8.00. The summed E-state index contributed by atoms with van der Waals surface area (Å²) in [4.78, 5) is 26.7. The molecule has 3 aliphatic rings. The molecule has 0 unspecified atom stereocenters. The Kier molecular flexibility index (Phi) is 5.10. The number of phenols is 1. The molecule has 5 atom stereocenters. The number of carbonyl (C=O) groups excluding carboxylic acids is 1. The molecule has 2 bridgehead atoms. The molecule has 1 aromatic heterocycles. The Balaban J connectivity index is 1.36. The van der Waals surface area contributed by atoms with Crippen molar-refractivity contribution >= 4 is 34.7 Å². The van der Waals surface area contributed by atoms with E-state index < -0.39 is 0 Å². The fourth-order valence-corrected chi connectivity index (χ4v) is 9.17. The van der Waals surface area contributed by atoms with Gasteiger partial charge < -0.3 is 10.4 Å². The van der Waals surface area contributed by atoms with Crippen molar-refractivity contribution in [3.8, 4) is 5.75 Å². The van der Waals surface area contributed by atoms with Gasteiger partial charge in [0, 0.05) is 21.7 Å². The van der Waals surface area contributed by atoms with Crippen molar-refractivity contribution in [1.29, 1.82) is 0 Å². The number of thiazole rings is 1. The average molecular weight is 483 g/mol. The Morgan fingerprint density at radius 1 is 1.09 bits per heavy atom. The minimum absolute atomic E-state index is 0.0554. The molecule has 2 fully saturated rings. The number of carbonyl (C=O) groups is 1. The number of nitrogens with one attached hydrogen (secondary N) is 1. The molecule has 2 saturated carbocycles. The zero-order chi connectivity index (χ0) is 22.7. The molecule has 2 N–H and O–H groups in total. The smallest absolute Gasteiger partial charge is 0.308 e. The fourth-order valence-electron chi connectivity index (χ4n) is 6.02. The van der Waals surface area contributed by atoms with Gasteiger partial charge in [0.15, 0.2) is 0 Å². The van der Waals surface area contributed by atoms with E-state index in [9.17, 15) is 19.1 Å². The van der Waals surface area contributed by atoms with Crippen molar-refractivity contribution in [2.24, 2.45) is 17.8 Å². The molecule has 33 heavy (non-hydrogen) atoms. The van der Waals surface area contributed by atoms with Gasteiger partial charge in [-0.2, -0.15) is 0 Å². The summed E-state index contributed by atoms with van der Waals surface area (Å²) in [5.41, 5.74) is 1.63. The number of benzene rings is 2. The lowest BCUT2D eigenvalue weighted by Crippen LogP contribution is -2.34. The molecule has 170 valence electrons. The van der Waals surface area contributed by atoms with Crippen LogP contribution in [0, 0.1) is 23.6 Å². The lowest BCUT2D eigenvalue weighted by atomic mass is 9.75. The number of aromatic hydroxyl groups is 1. The molecular weight excluding hydrogens is 459 g/mol. The summed E-state index contributed by atoms with van der Waals surface area (Å²) in [6, 6.07) is 13.0. The first-order chi connectivity index (χ1) is 16.0. The number of phenolic OH excluding ortho intramolecular Hbond substituents is 1. The van der Waals surface area contributed by atoms with E-state index in [0.717, 1.165) is 15.5 Å². The summed E-state index contributed by atoms with van der Waals surface area (Å²) < 4.78 is 15.3. The van der Waals surface area contributed by atoms with Crippen molar-refractivity contribution in [3.05, 3.63) is 74.5 Å². The zero-order valence-corrected chi connectivity index (χ0v) is 19.4. The Hall–Kier alpha value is -2.58. The van der Waals surface area contributed by atoms with Gasteiger partial charge in [0.2, 0.25) is 5.91 Å². The topological polar surface area (TPSA) is 71.3 Å². The van der Waals surface area contributed by atoms with Crippen molar-refractivity contribution in [2.75, 3.05) is 5.32 Å². The van der Waals surface area contributed by atoms with Crippen LogP contribution >= 0.6 is 23.1 Å². The van der Waals surface area contributed by atoms with Crippen molar-refractivity contribution in [3.63, 3.8) is 0 Å². The van der Waals surface area contributed by atoms with Gasteiger partial charge in [-0.3, -0.25) is 14.2 Å². The molecule has 2 aromatic carbocycles.